The van der Waals surface area contributed by atoms with Crippen LogP contribution < -0.4 is 5.32 Å². The van der Waals surface area contributed by atoms with Gasteiger partial charge in [-0.1, -0.05) is 32.8 Å². The number of nitrogens with one attached hydrogen (secondary N) is 1. The summed E-state index contributed by atoms with van der Waals surface area (Å²) in [5.74, 6) is -0.162. The number of aliphatic hydroxyl groups excluding tert-OH is 2. The largest absolute Gasteiger partial charge is 0.393 e. The third-order valence-electron chi connectivity index (χ3n) is 13.2. The second kappa shape index (κ2) is 11.6. The van der Waals surface area contributed by atoms with E-state index >= 15 is 0 Å². The van der Waals surface area contributed by atoms with Gasteiger partial charge < -0.3 is 25.0 Å². The van der Waals surface area contributed by atoms with E-state index in [0.29, 0.717) is 31.4 Å². The van der Waals surface area contributed by atoms with Gasteiger partial charge >= 0.3 is 0 Å². The highest BCUT2D eigenvalue weighted by molar-refractivity contribution is 5.91. The maximum Gasteiger partial charge on any atom is 0.193 e. The first-order valence-corrected chi connectivity index (χ1v) is 17.8. The van der Waals surface area contributed by atoms with Gasteiger partial charge in [-0.3, -0.25) is 9.69 Å². The molecular weight excluding hydrogens is 599 g/mol. The second-order valence-corrected chi connectivity index (χ2v) is 15.6. The van der Waals surface area contributed by atoms with Gasteiger partial charge in [-0.15, -0.1) is 0 Å². The summed E-state index contributed by atoms with van der Waals surface area (Å²) >= 11 is 0. The van der Waals surface area contributed by atoms with Gasteiger partial charge in [0.05, 0.1) is 29.8 Å². The average Bonchev–Trinajstić information content (AvgIpc) is 3.70. The number of aliphatic hydroxyl groups is 2. The maximum absolute atomic E-state index is 15.0. The van der Waals surface area contributed by atoms with Crippen molar-refractivity contribution in [3.63, 3.8) is 0 Å². The van der Waals surface area contributed by atoms with Crippen molar-refractivity contribution in [3.05, 3.63) is 52.6 Å². The van der Waals surface area contributed by atoms with Crippen molar-refractivity contribution in [2.75, 3.05) is 32.8 Å². The third kappa shape index (κ3) is 4.62. The molecule has 2 aliphatic heterocycles. The molecule has 3 heterocycles. The van der Waals surface area contributed by atoms with Crippen LogP contribution in [-0.4, -0.2) is 87.6 Å². The van der Waals surface area contributed by atoms with Crippen molar-refractivity contribution >= 4 is 11.9 Å². The number of carbonyl (C=O) groups is 1. The number of benzene rings is 1. The topological polar surface area (TPSA) is 109 Å². The minimum absolute atomic E-state index is 0.0140. The van der Waals surface area contributed by atoms with E-state index < -0.39 is 36.1 Å². The summed E-state index contributed by atoms with van der Waals surface area (Å²) in [4.78, 5) is 15.9. The van der Waals surface area contributed by atoms with E-state index in [1.165, 1.54) is 5.57 Å². The molecule has 0 unspecified atom stereocenters. The minimum atomic E-state index is -1.23. The number of ether oxygens (including phenoxy) is 2. The summed E-state index contributed by atoms with van der Waals surface area (Å²) in [6, 6.07) is 5.31. The Labute approximate surface area is 276 Å². The monoisotopic (exact) mass is 648 g/mol. The predicted molar refractivity (Wildman–Crippen MR) is 174 cm³/mol. The van der Waals surface area contributed by atoms with Crippen molar-refractivity contribution in [1.29, 1.82) is 0 Å². The van der Waals surface area contributed by atoms with Gasteiger partial charge in [0.2, 0.25) is 0 Å². The van der Waals surface area contributed by atoms with Gasteiger partial charge in [-0.25, -0.2) is 9.07 Å². The number of carbonyl (C=O) groups excluding carboxylic acids is 1. The first-order valence-electron chi connectivity index (χ1n) is 17.8. The molecule has 0 amide bonds. The normalized spacial score (nSPS) is 39.4. The molecule has 6 aliphatic rings. The third-order valence-corrected chi connectivity index (χ3v) is 13.2. The fourth-order valence-corrected chi connectivity index (χ4v) is 11.1. The summed E-state index contributed by atoms with van der Waals surface area (Å²) in [7, 11) is 0. The lowest BCUT2D eigenvalue weighted by Gasteiger charge is -2.60. The van der Waals surface area contributed by atoms with Crippen LogP contribution >= 0.6 is 0 Å². The molecule has 8 rings (SSSR count). The van der Waals surface area contributed by atoms with E-state index in [2.05, 4.69) is 37.1 Å². The van der Waals surface area contributed by atoms with Crippen molar-refractivity contribution in [3.8, 4) is 5.69 Å². The first kappa shape index (κ1) is 31.8. The summed E-state index contributed by atoms with van der Waals surface area (Å²) in [5, 5.41) is 30.5. The number of hydrogen-bond acceptors (Lipinski definition) is 8. The van der Waals surface area contributed by atoms with Crippen LogP contribution in [0.25, 0.3) is 11.8 Å². The van der Waals surface area contributed by atoms with E-state index in [1.54, 1.807) is 6.07 Å². The molecule has 2 aromatic rings. The number of Topliss-reactive ketones (excluding diaryl/α,β-unsaturated/α-hetero) is 1. The van der Waals surface area contributed by atoms with Crippen molar-refractivity contribution < 1.29 is 28.9 Å². The maximum atomic E-state index is 15.0. The number of halogens is 1. The Hall–Kier alpha value is -2.47. The Morgan fingerprint density at radius 2 is 2.04 bits per heavy atom. The molecule has 1 aromatic heterocycles. The molecule has 4 aliphatic carbocycles. The Bertz CT molecular complexity index is 1590. The molecule has 5 fully saturated rings. The number of aromatic nitrogens is 2. The number of allylic oxidation sites excluding steroid dienone is 1. The van der Waals surface area contributed by atoms with Crippen molar-refractivity contribution in [2.45, 2.75) is 96.4 Å². The zero-order valence-corrected chi connectivity index (χ0v) is 27.9. The molecule has 254 valence electrons. The molecule has 0 radical (unpaired) electrons. The highest BCUT2D eigenvalue weighted by Crippen LogP contribution is 2.70. The fraction of sp³-hybridized carbons (Fsp3) is 0.676. The first-order chi connectivity index (χ1) is 22.6. The Morgan fingerprint density at radius 3 is 2.81 bits per heavy atom. The zero-order valence-electron chi connectivity index (χ0n) is 27.9. The zero-order chi connectivity index (χ0) is 32.7. The molecular formula is C37H49FN4O5. The van der Waals surface area contributed by atoms with E-state index in [0.717, 1.165) is 68.8 Å². The van der Waals surface area contributed by atoms with Crippen LogP contribution in [0, 0.1) is 34.4 Å². The number of fused-ring (bicyclic) bond motifs is 8. The van der Waals surface area contributed by atoms with E-state index in [-0.39, 0.29) is 34.8 Å². The molecule has 0 spiro atoms. The minimum Gasteiger partial charge on any atom is -0.393 e. The van der Waals surface area contributed by atoms with Gasteiger partial charge in [0, 0.05) is 43.7 Å². The number of ketones is 1. The Balaban J connectivity index is 1.09. The van der Waals surface area contributed by atoms with Gasteiger partial charge in [0.25, 0.3) is 0 Å². The van der Waals surface area contributed by atoms with Gasteiger partial charge in [-0.2, -0.15) is 5.10 Å². The van der Waals surface area contributed by atoms with Crippen LogP contribution in [0.4, 0.5) is 4.39 Å². The smallest absolute Gasteiger partial charge is 0.193 e. The molecule has 47 heavy (non-hydrogen) atoms. The molecule has 1 aromatic carbocycles. The standard InChI is InChI=1S/C37H49FN4O5/c1-4-5-33-46-32-16-27-26-8-6-24-15-29-23(17-35(24,2)34(26)30(44)18-36(27,3)37(32,47-33)31(45)21-43)19-40-42(29)25-7-9-28(38)22(14-25)20-41-12-10-39-11-13-41/h7,9,14-15,19,26-27,30,32-34,39,43-44H,4-6,8,10-13,16-18,20-21H2,1-3H3/t26-,27-,30-,32+,33+,34+,35-,36-,37+/m0/s1. The van der Waals surface area contributed by atoms with Gasteiger partial charge in [-0.05, 0) is 91.5 Å². The highest BCUT2D eigenvalue weighted by atomic mass is 19.1. The summed E-state index contributed by atoms with van der Waals surface area (Å²) in [6.07, 6.45) is 8.00. The van der Waals surface area contributed by atoms with E-state index in [9.17, 15) is 19.4 Å². The lowest BCUT2D eigenvalue weighted by molar-refractivity contribution is -0.202. The second-order valence-electron chi connectivity index (χ2n) is 15.6. The van der Waals surface area contributed by atoms with Crippen molar-refractivity contribution in [1.82, 2.24) is 20.0 Å². The van der Waals surface area contributed by atoms with Crippen LogP contribution in [0.15, 0.2) is 30.0 Å². The molecule has 3 saturated carbocycles. The molecule has 9 atom stereocenters. The quantitative estimate of drug-likeness (QED) is 0.414. The predicted octanol–water partition coefficient (Wildman–Crippen LogP) is 4.02. The molecule has 3 N–H and O–H groups in total. The fourth-order valence-electron chi connectivity index (χ4n) is 11.1. The van der Waals surface area contributed by atoms with E-state index in [4.69, 9.17) is 14.6 Å². The summed E-state index contributed by atoms with van der Waals surface area (Å²) in [5.41, 5.74) is 2.92. The van der Waals surface area contributed by atoms with Crippen LogP contribution in [0.2, 0.25) is 0 Å². The molecule has 9 nitrogen and oxygen atoms in total. The average molecular weight is 649 g/mol. The molecule has 2 saturated heterocycles. The van der Waals surface area contributed by atoms with Crippen molar-refractivity contribution in [2.24, 2.45) is 28.6 Å². The molecule has 0 bridgehead atoms. The summed E-state index contributed by atoms with van der Waals surface area (Å²) < 4.78 is 29.9. The van der Waals surface area contributed by atoms with E-state index in [1.807, 2.05) is 23.0 Å². The van der Waals surface area contributed by atoms with Gasteiger partial charge in [0.15, 0.2) is 17.7 Å². The number of nitrogens with zero attached hydrogens (tertiary/aromatic N) is 3. The Morgan fingerprint density at radius 1 is 1.23 bits per heavy atom. The molecule has 10 heteroatoms. The Kier molecular flexibility index (Phi) is 7.82. The van der Waals surface area contributed by atoms with Crippen LogP contribution in [0.1, 0.15) is 76.1 Å². The van der Waals surface area contributed by atoms with Gasteiger partial charge in [0.1, 0.15) is 12.4 Å². The van der Waals surface area contributed by atoms with Crippen LogP contribution in [0.5, 0.6) is 0 Å². The lowest BCUT2D eigenvalue weighted by Crippen LogP contribution is -2.64. The number of piperazine rings is 1. The van der Waals surface area contributed by atoms with Crippen LogP contribution in [-0.2, 0) is 27.2 Å². The van der Waals surface area contributed by atoms with Crippen LogP contribution in [0.3, 0.4) is 0 Å². The number of rotatable bonds is 7. The number of hydrogen-bond donors (Lipinski definition) is 3. The SMILES string of the molecule is CCC[C@@H]1O[C@@H]2C[C@H]3[C@@H]4CCC5=Cc6c(cnn6-c6ccc(F)c(CN7CCNCC7)c6)C[C@]5(C)[C@H]4[C@@H](O)C[C@]3(C)[C@]2(C(=O)CO)O1. The lowest BCUT2D eigenvalue weighted by atomic mass is 9.45. The summed E-state index contributed by atoms with van der Waals surface area (Å²) in [6.45, 7) is 10.1. The highest BCUT2D eigenvalue weighted by Gasteiger charge is 2.75.